The van der Waals surface area contributed by atoms with Crippen LogP contribution in [-0.4, -0.2) is 31.7 Å². The van der Waals surface area contributed by atoms with Crippen molar-refractivity contribution in [3.63, 3.8) is 0 Å². The van der Waals surface area contributed by atoms with Crippen LogP contribution < -0.4 is 5.32 Å². The predicted octanol–water partition coefficient (Wildman–Crippen LogP) is 3.64. The summed E-state index contributed by atoms with van der Waals surface area (Å²) in [5.41, 5.74) is 0.900. The minimum absolute atomic E-state index is 0.0460. The number of rotatable bonds is 4. The van der Waals surface area contributed by atoms with E-state index < -0.39 is 15.9 Å². The number of nitrogens with zero attached hydrogens (tertiary/aromatic N) is 2. The summed E-state index contributed by atoms with van der Waals surface area (Å²) in [6.45, 7) is 0.959. The summed E-state index contributed by atoms with van der Waals surface area (Å²) in [6, 6.07) is 12.6. The number of carbonyl (C=O) groups is 1. The van der Waals surface area contributed by atoms with Crippen molar-refractivity contribution >= 4 is 33.2 Å². The van der Waals surface area contributed by atoms with Crippen molar-refractivity contribution in [1.29, 1.82) is 5.26 Å². The van der Waals surface area contributed by atoms with Crippen LogP contribution in [0.2, 0.25) is 5.02 Å². The van der Waals surface area contributed by atoms with Crippen molar-refractivity contribution in [2.24, 2.45) is 0 Å². The molecule has 2 aromatic carbocycles. The Labute approximate surface area is 163 Å². The Balaban J connectivity index is 1.88. The molecule has 140 valence electrons. The van der Waals surface area contributed by atoms with Gasteiger partial charge >= 0.3 is 0 Å². The van der Waals surface area contributed by atoms with Crippen LogP contribution >= 0.6 is 11.6 Å². The van der Waals surface area contributed by atoms with Gasteiger partial charge in [0.05, 0.1) is 27.1 Å². The van der Waals surface area contributed by atoms with Gasteiger partial charge in [-0.1, -0.05) is 24.1 Å². The zero-order valence-corrected chi connectivity index (χ0v) is 16.1. The van der Waals surface area contributed by atoms with Gasteiger partial charge in [0.1, 0.15) is 0 Å². The number of hydrogen-bond acceptors (Lipinski definition) is 4. The fourth-order valence-electron chi connectivity index (χ4n) is 2.96. The summed E-state index contributed by atoms with van der Waals surface area (Å²) in [5, 5.41) is 11.8. The molecule has 0 atom stereocenters. The normalized spacial score (nSPS) is 15.1. The molecule has 1 aliphatic heterocycles. The summed E-state index contributed by atoms with van der Waals surface area (Å²) >= 11 is 6.13. The lowest BCUT2D eigenvalue weighted by atomic mass is 10.2. The number of nitrogens with one attached hydrogen (secondary N) is 1. The van der Waals surface area contributed by atoms with Gasteiger partial charge in [-0.15, -0.1) is 0 Å². The lowest BCUT2D eigenvalue weighted by Crippen LogP contribution is -2.35. The molecule has 1 fully saturated rings. The molecule has 6 nitrogen and oxygen atoms in total. The van der Waals surface area contributed by atoms with E-state index in [4.69, 9.17) is 16.9 Å². The number of anilines is 1. The third-order valence-electron chi connectivity index (χ3n) is 4.38. The van der Waals surface area contributed by atoms with Crippen molar-refractivity contribution in [2.75, 3.05) is 18.4 Å². The molecule has 0 unspecified atom stereocenters. The molecular formula is C19H18ClN3O3S. The van der Waals surface area contributed by atoms with E-state index in [1.807, 2.05) is 6.07 Å². The molecule has 0 spiro atoms. The second-order valence-corrected chi connectivity index (χ2v) is 8.60. The number of amides is 1. The number of hydrogen-bond donors (Lipinski definition) is 1. The molecule has 1 amide bonds. The van der Waals surface area contributed by atoms with Gasteiger partial charge in [0.2, 0.25) is 10.0 Å². The van der Waals surface area contributed by atoms with Crippen LogP contribution in [0.25, 0.3) is 0 Å². The van der Waals surface area contributed by atoms with Gasteiger partial charge in [-0.3, -0.25) is 4.79 Å². The SMILES string of the molecule is N#Cc1cccc(NC(=O)c2cc(S(=O)(=O)N3CCCCC3)ccc2Cl)c1. The summed E-state index contributed by atoms with van der Waals surface area (Å²) in [6.07, 6.45) is 2.67. The Bertz CT molecular complexity index is 1010. The van der Waals surface area contributed by atoms with Crippen LogP contribution in [0.1, 0.15) is 35.2 Å². The first-order valence-electron chi connectivity index (χ1n) is 8.53. The van der Waals surface area contributed by atoms with Crippen LogP contribution in [0, 0.1) is 11.3 Å². The number of halogens is 1. The zero-order valence-electron chi connectivity index (χ0n) is 14.5. The Morgan fingerprint density at radius 1 is 1.11 bits per heavy atom. The van der Waals surface area contributed by atoms with E-state index in [0.29, 0.717) is 24.3 Å². The smallest absolute Gasteiger partial charge is 0.257 e. The Morgan fingerprint density at radius 3 is 2.56 bits per heavy atom. The first-order chi connectivity index (χ1) is 12.9. The van der Waals surface area contributed by atoms with E-state index in [2.05, 4.69) is 5.32 Å². The first kappa shape index (κ1) is 19.4. The van der Waals surface area contributed by atoms with Gasteiger partial charge < -0.3 is 5.32 Å². The van der Waals surface area contributed by atoms with Crippen LogP contribution in [0.3, 0.4) is 0 Å². The number of sulfonamides is 1. The van der Waals surface area contributed by atoms with Crippen molar-refractivity contribution < 1.29 is 13.2 Å². The monoisotopic (exact) mass is 403 g/mol. The number of piperidine rings is 1. The molecular weight excluding hydrogens is 386 g/mol. The maximum atomic E-state index is 12.8. The lowest BCUT2D eigenvalue weighted by Gasteiger charge is -2.26. The standard InChI is InChI=1S/C19H18ClN3O3S/c20-18-8-7-16(27(25,26)23-9-2-1-3-10-23)12-17(18)19(24)22-15-6-4-5-14(11-15)13-21/h4-8,11-12H,1-3,9-10H2,(H,22,24). The highest BCUT2D eigenvalue weighted by Crippen LogP contribution is 2.26. The van der Waals surface area contributed by atoms with Gasteiger partial charge in [-0.25, -0.2) is 8.42 Å². The molecule has 1 heterocycles. The lowest BCUT2D eigenvalue weighted by molar-refractivity contribution is 0.102. The quantitative estimate of drug-likeness (QED) is 0.843. The fraction of sp³-hybridized carbons (Fsp3) is 0.263. The number of benzene rings is 2. The third-order valence-corrected chi connectivity index (χ3v) is 6.61. The van der Waals surface area contributed by atoms with Crippen molar-refractivity contribution in [1.82, 2.24) is 4.31 Å². The van der Waals surface area contributed by atoms with Crippen molar-refractivity contribution in [3.05, 3.63) is 58.6 Å². The largest absolute Gasteiger partial charge is 0.322 e. The molecule has 8 heteroatoms. The van der Waals surface area contributed by atoms with E-state index in [1.54, 1.807) is 18.2 Å². The van der Waals surface area contributed by atoms with Crippen LogP contribution in [0.4, 0.5) is 5.69 Å². The minimum Gasteiger partial charge on any atom is -0.322 e. The first-order valence-corrected chi connectivity index (χ1v) is 10.3. The van der Waals surface area contributed by atoms with E-state index in [-0.39, 0.29) is 15.5 Å². The topological polar surface area (TPSA) is 90.3 Å². The van der Waals surface area contributed by atoms with Crippen LogP contribution in [0.5, 0.6) is 0 Å². The maximum absolute atomic E-state index is 12.8. The Hall–Kier alpha value is -2.40. The van der Waals surface area contributed by atoms with Crippen molar-refractivity contribution in [3.8, 4) is 6.07 Å². The van der Waals surface area contributed by atoms with E-state index >= 15 is 0 Å². The molecule has 1 aliphatic rings. The Kier molecular flexibility index (Phi) is 5.80. The predicted molar refractivity (Wildman–Crippen MR) is 103 cm³/mol. The van der Waals surface area contributed by atoms with E-state index in [9.17, 15) is 13.2 Å². The molecule has 1 saturated heterocycles. The number of nitriles is 1. The molecule has 2 aromatic rings. The van der Waals surface area contributed by atoms with Gasteiger partial charge in [-0.2, -0.15) is 9.57 Å². The summed E-state index contributed by atoms with van der Waals surface area (Å²) in [4.78, 5) is 12.6. The highest BCUT2D eigenvalue weighted by molar-refractivity contribution is 7.89. The summed E-state index contributed by atoms with van der Waals surface area (Å²) in [5.74, 6) is -0.536. The van der Waals surface area contributed by atoms with E-state index in [0.717, 1.165) is 19.3 Å². The maximum Gasteiger partial charge on any atom is 0.257 e. The molecule has 0 aliphatic carbocycles. The van der Waals surface area contributed by atoms with Gasteiger partial charge in [0.15, 0.2) is 0 Å². The van der Waals surface area contributed by atoms with Gasteiger partial charge in [-0.05, 0) is 49.2 Å². The molecule has 0 radical (unpaired) electrons. The molecule has 0 aromatic heterocycles. The molecule has 27 heavy (non-hydrogen) atoms. The average molecular weight is 404 g/mol. The van der Waals surface area contributed by atoms with Crippen LogP contribution in [-0.2, 0) is 10.0 Å². The summed E-state index contributed by atoms with van der Waals surface area (Å²) in [7, 11) is -3.67. The van der Waals surface area contributed by atoms with Crippen molar-refractivity contribution in [2.45, 2.75) is 24.2 Å². The van der Waals surface area contributed by atoms with Gasteiger partial charge in [0, 0.05) is 18.8 Å². The van der Waals surface area contributed by atoms with Crippen LogP contribution in [0.15, 0.2) is 47.4 Å². The van der Waals surface area contributed by atoms with E-state index in [1.165, 1.54) is 28.6 Å². The fourth-order valence-corrected chi connectivity index (χ4v) is 4.71. The Morgan fingerprint density at radius 2 is 1.85 bits per heavy atom. The van der Waals surface area contributed by atoms with Gasteiger partial charge in [0.25, 0.3) is 5.91 Å². The minimum atomic E-state index is -3.67. The molecule has 0 saturated carbocycles. The molecule has 1 N–H and O–H groups in total. The second-order valence-electron chi connectivity index (χ2n) is 6.25. The average Bonchev–Trinajstić information content (AvgIpc) is 2.69. The summed E-state index contributed by atoms with van der Waals surface area (Å²) < 4.78 is 27.1. The second kappa shape index (κ2) is 8.09. The molecule has 3 rings (SSSR count). The molecule has 0 bridgehead atoms. The zero-order chi connectivity index (χ0) is 19.4. The third kappa shape index (κ3) is 4.30. The highest BCUT2D eigenvalue weighted by atomic mass is 35.5. The number of carbonyl (C=O) groups excluding carboxylic acids is 1. The highest BCUT2D eigenvalue weighted by Gasteiger charge is 2.27.